The third kappa shape index (κ3) is 5.94. The monoisotopic (exact) mass is 412 g/mol. The van der Waals surface area contributed by atoms with E-state index in [4.69, 9.17) is 4.74 Å². The minimum atomic E-state index is -0.595. The van der Waals surface area contributed by atoms with E-state index in [0.29, 0.717) is 6.54 Å². The molecule has 7 heteroatoms. The van der Waals surface area contributed by atoms with E-state index < -0.39 is 5.97 Å². The Hall–Kier alpha value is -2.64. The summed E-state index contributed by atoms with van der Waals surface area (Å²) < 4.78 is 5.05. The number of amides is 1. The number of carbonyl (C=O) groups excluding carboxylic acids is 2. The number of carbonyl (C=O) groups is 2. The van der Waals surface area contributed by atoms with Crippen molar-refractivity contribution in [3.05, 3.63) is 71.2 Å². The van der Waals surface area contributed by atoms with Crippen LogP contribution in [0.2, 0.25) is 0 Å². The highest BCUT2D eigenvalue weighted by Crippen LogP contribution is 2.23. The van der Waals surface area contributed by atoms with Gasteiger partial charge in [-0.15, -0.1) is 23.1 Å². The van der Waals surface area contributed by atoms with Crippen LogP contribution < -0.4 is 5.32 Å². The first-order valence-electron chi connectivity index (χ1n) is 8.76. The molecule has 0 aliphatic carbocycles. The van der Waals surface area contributed by atoms with E-state index in [9.17, 15) is 9.59 Å². The van der Waals surface area contributed by atoms with Gasteiger partial charge in [0, 0.05) is 28.1 Å². The second-order valence-corrected chi connectivity index (χ2v) is 8.02. The average molecular weight is 413 g/mol. The van der Waals surface area contributed by atoms with E-state index in [1.807, 2.05) is 37.3 Å². The summed E-state index contributed by atoms with van der Waals surface area (Å²) in [7, 11) is 0. The lowest BCUT2D eigenvalue weighted by Gasteiger charge is -2.06. The van der Waals surface area contributed by atoms with Crippen molar-refractivity contribution in [3.63, 3.8) is 0 Å². The molecule has 0 unspecified atom stereocenters. The summed E-state index contributed by atoms with van der Waals surface area (Å²) >= 11 is 3.03. The van der Waals surface area contributed by atoms with E-state index in [1.165, 1.54) is 16.9 Å². The Morgan fingerprint density at radius 1 is 1.11 bits per heavy atom. The number of hydrogen-bond donors (Lipinski definition) is 1. The molecule has 0 saturated heterocycles. The van der Waals surface area contributed by atoms with Crippen molar-refractivity contribution in [2.75, 3.05) is 18.9 Å². The van der Waals surface area contributed by atoms with E-state index in [2.05, 4.69) is 34.6 Å². The molecule has 3 rings (SSSR count). The van der Waals surface area contributed by atoms with Gasteiger partial charge in [0.05, 0.1) is 0 Å². The highest BCUT2D eigenvalue weighted by molar-refractivity contribution is 7.99. The number of thioether (sulfide) groups is 1. The number of nitrogens with zero attached hydrogens (tertiary/aromatic N) is 1. The minimum Gasteiger partial charge on any atom is -0.451 e. The molecule has 2 aromatic carbocycles. The van der Waals surface area contributed by atoms with Gasteiger partial charge < -0.3 is 10.1 Å². The van der Waals surface area contributed by atoms with Gasteiger partial charge in [-0.2, -0.15) is 0 Å². The topological polar surface area (TPSA) is 68.3 Å². The number of hydrogen-bond acceptors (Lipinski definition) is 6. The zero-order valence-corrected chi connectivity index (χ0v) is 17.0. The van der Waals surface area contributed by atoms with Crippen molar-refractivity contribution in [2.24, 2.45) is 0 Å². The molecule has 3 aromatic rings. The lowest BCUT2D eigenvalue weighted by Crippen LogP contribution is -2.30. The fraction of sp³-hybridized carbons (Fsp3) is 0.190. The fourth-order valence-corrected chi connectivity index (χ4v) is 3.89. The molecule has 5 nitrogen and oxygen atoms in total. The molecule has 0 spiro atoms. The second kappa shape index (κ2) is 10.1. The van der Waals surface area contributed by atoms with Crippen LogP contribution in [-0.4, -0.2) is 35.8 Å². The summed E-state index contributed by atoms with van der Waals surface area (Å²) in [5.74, 6) is -0.172. The van der Waals surface area contributed by atoms with Crippen LogP contribution >= 0.6 is 23.1 Å². The zero-order chi connectivity index (χ0) is 19.8. The van der Waals surface area contributed by atoms with Gasteiger partial charge in [0.15, 0.2) is 12.3 Å². The molecule has 28 heavy (non-hydrogen) atoms. The van der Waals surface area contributed by atoms with Crippen LogP contribution in [0.3, 0.4) is 0 Å². The van der Waals surface area contributed by atoms with E-state index in [0.717, 1.165) is 21.2 Å². The summed E-state index contributed by atoms with van der Waals surface area (Å²) in [6.07, 6.45) is 0. The van der Waals surface area contributed by atoms with Gasteiger partial charge in [0.1, 0.15) is 5.01 Å². The number of ether oxygens (including phenoxy) is 1. The van der Waals surface area contributed by atoms with Crippen molar-refractivity contribution in [1.82, 2.24) is 10.3 Å². The average Bonchev–Trinajstić information content (AvgIpc) is 3.22. The lowest BCUT2D eigenvalue weighted by molar-refractivity contribution is -0.124. The Morgan fingerprint density at radius 2 is 1.86 bits per heavy atom. The summed E-state index contributed by atoms with van der Waals surface area (Å²) in [6, 6.07) is 17.8. The molecule has 0 saturated carbocycles. The number of rotatable bonds is 8. The van der Waals surface area contributed by atoms with Crippen LogP contribution in [-0.2, 0) is 9.53 Å². The standard InChI is InChI=1S/C21H20N2O3S2/c1-15-7-9-17(10-8-15)27-12-11-22-19(24)13-26-21(25)18-14-28-20(23-18)16-5-3-2-4-6-16/h2-10,14H,11-13H2,1H3,(H,22,24). The van der Waals surface area contributed by atoms with Crippen molar-refractivity contribution >= 4 is 35.0 Å². The lowest BCUT2D eigenvalue weighted by atomic mass is 10.2. The first-order valence-corrected chi connectivity index (χ1v) is 10.6. The smallest absolute Gasteiger partial charge is 0.358 e. The molecule has 144 valence electrons. The second-order valence-electron chi connectivity index (χ2n) is 5.99. The summed E-state index contributed by atoms with van der Waals surface area (Å²) in [6.45, 7) is 2.24. The Morgan fingerprint density at radius 3 is 2.61 bits per heavy atom. The van der Waals surface area contributed by atoms with Crippen LogP contribution in [0.1, 0.15) is 16.1 Å². The molecule has 0 radical (unpaired) electrons. The Balaban J connectivity index is 1.38. The number of aryl methyl sites for hydroxylation is 1. The Bertz CT molecular complexity index is 924. The highest BCUT2D eigenvalue weighted by Gasteiger charge is 2.14. The van der Waals surface area contributed by atoms with Crippen LogP contribution in [0.15, 0.2) is 64.9 Å². The molecular formula is C21H20N2O3S2. The van der Waals surface area contributed by atoms with Crippen molar-refractivity contribution < 1.29 is 14.3 Å². The van der Waals surface area contributed by atoms with Crippen LogP contribution in [0.25, 0.3) is 10.6 Å². The van der Waals surface area contributed by atoms with Crippen LogP contribution in [0.5, 0.6) is 0 Å². The normalized spacial score (nSPS) is 10.5. The predicted octanol–water partition coefficient (Wildman–Crippen LogP) is 4.18. The number of esters is 1. The fourth-order valence-electron chi connectivity index (χ4n) is 2.33. The molecular weight excluding hydrogens is 392 g/mol. The number of benzene rings is 2. The molecule has 0 bridgehead atoms. The number of aromatic nitrogens is 1. The molecule has 1 aromatic heterocycles. The van der Waals surface area contributed by atoms with Crippen molar-refractivity contribution in [1.29, 1.82) is 0 Å². The van der Waals surface area contributed by atoms with Crippen LogP contribution in [0, 0.1) is 6.92 Å². The number of nitrogens with one attached hydrogen (secondary N) is 1. The van der Waals surface area contributed by atoms with Gasteiger partial charge in [-0.1, -0.05) is 48.0 Å². The van der Waals surface area contributed by atoms with E-state index in [-0.39, 0.29) is 18.2 Å². The molecule has 1 amide bonds. The Labute approximate surface area is 172 Å². The summed E-state index contributed by atoms with van der Waals surface area (Å²) in [5.41, 5.74) is 2.37. The molecule has 0 fully saturated rings. The van der Waals surface area contributed by atoms with Gasteiger partial charge in [-0.25, -0.2) is 9.78 Å². The number of thiazole rings is 1. The first-order chi connectivity index (χ1) is 13.6. The summed E-state index contributed by atoms with van der Waals surface area (Å²) in [4.78, 5) is 29.4. The van der Waals surface area contributed by atoms with Gasteiger partial charge >= 0.3 is 5.97 Å². The molecule has 1 N–H and O–H groups in total. The highest BCUT2D eigenvalue weighted by atomic mass is 32.2. The van der Waals surface area contributed by atoms with Gasteiger partial charge in [0.2, 0.25) is 0 Å². The van der Waals surface area contributed by atoms with E-state index >= 15 is 0 Å². The largest absolute Gasteiger partial charge is 0.451 e. The quantitative estimate of drug-likeness (QED) is 0.341. The van der Waals surface area contributed by atoms with Gasteiger partial charge in [-0.3, -0.25) is 4.79 Å². The summed E-state index contributed by atoms with van der Waals surface area (Å²) in [5, 5.41) is 5.13. The van der Waals surface area contributed by atoms with Crippen molar-refractivity contribution in [2.45, 2.75) is 11.8 Å². The molecule has 0 aliphatic rings. The van der Waals surface area contributed by atoms with Crippen molar-refractivity contribution in [3.8, 4) is 10.6 Å². The molecule has 0 aliphatic heterocycles. The minimum absolute atomic E-state index is 0.214. The maximum Gasteiger partial charge on any atom is 0.358 e. The van der Waals surface area contributed by atoms with Crippen LogP contribution in [0.4, 0.5) is 0 Å². The third-order valence-corrected chi connectivity index (χ3v) is 5.69. The third-order valence-electron chi connectivity index (χ3n) is 3.78. The molecule has 1 heterocycles. The maximum absolute atomic E-state index is 12.1. The van der Waals surface area contributed by atoms with Gasteiger partial charge in [-0.05, 0) is 19.1 Å². The van der Waals surface area contributed by atoms with Gasteiger partial charge in [0.25, 0.3) is 5.91 Å². The maximum atomic E-state index is 12.1. The predicted molar refractivity (Wildman–Crippen MR) is 113 cm³/mol. The SMILES string of the molecule is Cc1ccc(SCCNC(=O)COC(=O)c2csc(-c3ccccc3)n2)cc1. The molecule has 0 atom stereocenters. The zero-order valence-electron chi connectivity index (χ0n) is 15.4. The Kier molecular flexibility index (Phi) is 7.22. The first kappa shape index (κ1) is 20.1. The van der Waals surface area contributed by atoms with E-state index in [1.54, 1.807) is 17.1 Å².